The summed E-state index contributed by atoms with van der Waals surface area (Å²) < 4.78 is 17.9. The molecule has 0 fully saturated rings. The number of benzene rings is 1. The first kappa shape index (κ1) is 12.0. The molecule has 2 rings (SSSR count). The van der Waals surface area contributed by atoms with E-state index in [1.54, 1.807) is 0 Å². The molecule has 3 N–H and O–H groups in total. The Balaban J connectivity index is 2.45. The van der Waals surface area contributed by atoms with Crippen molar-refractivity contribution in [1.82, 2.24) is 0 Å². The number of hydrogen-bond donors (Lipinski definition) is 3. The number of anilines is 1. The number of carbonyl (C=O) groups is 1. The van der Waals surface area contributed by atoms with Crippen molar-refractivity contribution in [2.45, 2.75) is 6.92 Å². The summed E-state index contributed by atoms with van der Waals surface area (Å²) in [4.78, 5) is 10.9. The minimum atomic E-state index is -0.565. The molecule has 1 heterocycles. The molecular weight excluding hydrogens is 241 g/mol. The third-order valence-corrected chi connectivity index (χ3v) is 2.25. The molecular formula is C12H10FNO4. The predicted octanol–water partition coefficient (Wildman–Crippen LogP) is 2.46. The van der Waals surface area contributed by atoms with E-state index in [-0.39, 0.29) is 11.6 Å². The van der Waals surface area contributed by atoms with Crippen LogP contribution < -0.4 is 5.32 Å². The van der Waals surface area contributed by atoms with Crippen molar-refractivity contribution >= 4 is 11.8 Å². The highest BCUT2D eigenvalue weighted by Crippen LogP contribution is 2.45. The Morgan fingerprint density at radius 3 is 2.39 bits per heavy atom. The van der Waals surface area contributed by atoms with Crippen molar-refractivity contribution < 1.29 is 23.8 Å². The number of furan rings is 1. The first-order chi connectivity index (χ1) is 8.49. The zero-order chi connectivity index (χ0) is 13.3. The lowest BCUT2D eigenvalue weighted by molar-refractivity contribution is -0.114. The highest BCUT2D eigenvalue weighted by molar-refractivity contribution is 5.90. The zero-order valence-corrected chi connectivity index (χ0v) is 9.40. The Morgan fingerprint density at radius 1 is 1.22 bits per heavy atom. The summed E-state index contributed by atoms with van der Waals surface area (Å²) in [7, 11) is 0. The lowest BCUT2D eigenvalue weighted by Crippen LogP contribution is -2.04. The second kappa shape index (κ2) is 4.40. The van der Waals surface area contributed by atoms with Crippen LogP contribution in [0.15, 0.2) is 28.7 Å². The molecule has 0 aliphatic heterocycles. The quantitative estimate of drug-likeness (QED) is 0.765. The fourth-order valence-electron chi connectivity index (χ4n) is 1.46. The summed E-state index contributed by atoms with van der Waals surface area (Å²) in [5, 5.41) is 21.4. The fraction of sp³-hybridized carbons (Fsp3) is 0.0833. The molecule has 0 unspecified atom stereocenters. The number of halogens is 1. The molecule has 1 aromatic carbocycles. The highest BCUT2D eigenvalue weighted by Gasteiger charge is 2.21. The predicted molar refractivity (Wildman–Crippen MR) is 61.7 cm³/mol. The van der Waals surface area contributed by atoms with Crippen molar-refractivity contribution in [1.29, 1.82) is 0 Å². The molecule has 94 valence electrons. The third kappa shape index (κ3) is 2.13. The maximum atomic E-state index is 12.8. The van der Waals surface area contributed by atoms with Gasteiger partial charge in [-0.1, -0.05) is 0 Å². The van der Waals surface area contributed by atoms with Gasteiger partial charge in [0.15, 0.2) is 5.76 Å². The maximum absolute atomic E-state index is 12.8. The number of rotatable bonds is 2. The Kier molecular flexibility index (Phi) is 2.93. The van der Waals surface area contributed by atoms with Crippen LogP contribution in [0.1, 0.15) is 6.92 Å². The van der Waals surface area contributed by atoms with Gasteiger partial charge in [-0.2, -0.15) is 0 Å². The summed E-state index contributed by atoms with van der Waals surface area (Å²) in [6, 6.07) is 5.13. The maximum Gasteiger partial charge on any atom is 0.246 e. The van der Waals surface area contributed by atoms with Gasteiger partial charge >= 0.3 is 0 Å². The first-order valence-electron chi connectivity index (χ1n) is 5.07. The fourth-order valence-corrected chi connectivity index (χ4v) is 1.46. The first-order valence-corrected chi connectivity index (χ1v) is 5.07. The molecule has 0 aliphatic carbocycles. The summed E-state index contributed by atoms with van der Waals surface area (Å²) in [6.45, 7) is 1.23. The van der Waals surface area contributed by atoms with Crippen LogP contribution in [0.3, 0.4) is 0 Å². The molecule has 2 aromatic rings. The molecule has 18 heavy (non-hydrogen) atoms. The smallest absolute Gasteiger partial charge is 0.246 e. The van der Waals surface area contributed by atoms with Crippen LogP contribution in [0.4, 0.5) is 10.3 Å². The molecule has 0 saturated heterocycles. The minimum Gasteiger partial charge on any atom is -0.502 e. The average Bonchev–Trinajstić information content (AvgIpc) is 2.58. The number of amides is 1. The van der Waals surface area contributed by atoms with Crippen LogP contribution in [0, 0.1) is 5.82 Å². The van der Waals surface area contributed by atoms with Gasteiger partial charge in [-0.05, 0) is 24.3 Å². The van der Waals surface area contributed by atoms with E-state index in [2.05, 4.69) is 5.32 Å². The van der Waals surface area contributed by atoms with Gasteiger partial charge in [0.05, 0.1) is 0 Å². The van der Waals surface area contributed by atoms with Crippen LogP contribution in [-0.2, 0) is 4.79 Å². The van der Waals surface area contributed by atoms with Gasteiger partial charge in [0, 0.05) is 12.5 Å². The molecule has 0 aliphatic rings. The number of aromatic hydroxyl groups is 2. The molecule has 6 heteroatoms. The van der Waals surface area contributed by atoms with Crippen molar-refractivity contribution in [3.05, 3.63) is 30.1 Å². The van der Waals surface area contributed by atoms with E-state index in [0.29, 0.717) is 5.56 Å². The molecule has 1 aromatic heterocycles. The Morgan fingerprint density at radius 2 is 1.83 bits per heavy atom. The van der Waals surface area contributed by atoms with E-state index in [0.717, 1.165) is 0 Å². The lowest BCUT2D eigenvalue weighted by Gasteiger charge is -1.97. The van der Waals surface area contributed by atoms with Crippen LogP contribution in [0.2, 0.25) is 0 Å². The third-order valence-electron chi connectivity index (χ3n) is 2.25. The number of hydrogen-bond acceptors (Lipinski definition) is 4. The van der Waals surface area contributed by atoms with Gasteiger partial charge in [-0.25, -0.2) is 4.39 Å². The van der Waals surface area contributed by atoms with E-state index >= 15 is 0 Å². The standard InChI is InChI=1S/C12H10FNO4/c1-6(15)14-12-10(17)9(16)11(18-12)7-2-4-8(13)5-3-7/h2-5,16-17H,1H3,(H,14,15). The van der Waals surface area contributed by atoms with Gasteiger partial charge in [0.1, 0.15) is 5.82 Å². The van der Waals surface area contributed by atoms with E-state index in [1.165, 1.54) is 31.2 Å². The van der Waals surface area contributed by atoms with E-state index in [4.69, 9.17) is 4.42 Å². The molecule has 0 spiro atoms. The van der Waals surface area contributed by atoms with Crippen molar-refractivity contribution in [3.8, 4) is 22.8 Å². The average molecular weight is 251 g/mol. The Hall–Kier alpha value is -2.50. The molecule has 0 saturated carbocycles. The van der Waals surface area contributed by atoms with Gasteiger partial charge in [0.25, 0.3) is 0 Å². The number of carbonyl (C=O) groups excluding carboxylic acids is 1. The SMILES string of the molecule is CC(=O)Nc1oc(-c2ccc(F)cc2)c(O)c1O. The van der Waals surface area contributed by atoms with Gasteiger partial charge < -0.3 is 14.6 Å². The molecule has 5 nitrogen and oxygen atoms in total. The zero-order valence-electron chi connectivity index (χ0n) is 9.40. The van der Waals surface area contributed by atoms with E-state index in [9.17, 15) is 19.4 Å². The van der Waals surface area contributed by atoms with Gasteiger partial charge in [-0.15, -0.1) is 0 Å². The number of nitrogens with one attached hydrogen (secondary N) is 1. The summed E-state index contributed by atoms with van der Waals surface area (Å²) >= 11 is 0. The van der Waals surface area contributed by atoms with E-state index in [1.807, 2.05) is 0 Å². The van der Waals surface area contributed by atoms with Crippen molar-refractivity contribution in [2.75, 3.05) is 5.32 Å². The summed E-state index contributed by atoms with van der Waals surface area (Å²) in [5.41, 5.74) is 0.376. The largest absolute Gasteiger partial charge is 0.502 e. The summed E-state index contributed by atoms with van der Waals surface area (Å²) in [6.07, 6.45) is 0. The van der Waals surface area contributed by atoms with Gasteiger partial charge in [-0.3, -0.25) is 10.1 Å². The molecule has 0 atom stereocenters. The van der Waals surface area contributed by atoms with E-state index < -0.39 is 23.2 Å². The summed E-state index contributed by atoms with van der Waals surface area (Å²) in [5.74, 6) is -2.26. The van der Waals surface area contributed by atoms with Gasteiger partial charge in [0.2, 0.25) is 23.3 Å². The van der Waals surface area contributed by atoms with Crippen LogP contribution in [-0.4, -0.2) is 16.1 Å². The lowest BCUT2D eigenvalue weighted by atomic mass is 10.1. The molecule has 1 amide bonds. The highest BCUT2D eigenvalue weighted by atomic mass is 19.1. The van der Waals surface area contributed by atoms with Crippen molar-refractivity contribution in [3.63, 3.8) is 0 Å². The normalized spacial score (nSPS) is 10.3. The topological polar surface area (TPSA) is 82.7 Å². The monoisotopic (exact) mass is 251 g/mol. The molecule has 0 bridgehead atoms. The minimum absolute atomic E-state index is 0.0451. The van der Waals surface area contributed by atoms with Crippen LogP contribution in [0.25, 0.3) is 11.3 Å². The Bertz CT molecular complexity index is 589. The second-order valence-electron chi connectivity index (χ2n) is 3.65. The van der Waals surface area contributed by atoms with Crippen molar-refractivity contribution in [2.24, 2.45) is 0 Å². The van der Waals surface area contributed by atoms with Crippen LogP contribution in [0.5, 0.6) is 11.5 Å². The second-order valence-corrected chi connectivity index (χ2v) is 3.65. The molecule has 0 radical (unpaired) electrons. The van der Waals surface area contributed by atoms with Crippen LogP contribution >= 0.6 is 0 Å². The Labute approximate surface area is 101 Å².